The van der Waals surface area contributed by atoms with Crippen LogP contribution in [-0.2, 0) is 6.42 Å². The van der Waals surface area contributed by atoms with Gasteiger partial charge < -0.3 is 14.6 Å². The minimum absolute atomic E-state index is 0.217. The van der Waals surface area contributed by atoms with Crippen molar-refractivity contribution in [1.82, 2.24) is 5.43 Å². The third-order valence-electron chi connectivity index (χ3n) is 5.12. The Morgan fingerprint density at radius 3 is 2.42 bits per heavy atom. The Labute approximate surface area is 182 Å². The van der Waals surface area contributed by atoms with Gasteiger partial charge in [-0.05, 0) is 48.4 Å². The van der Waals surface area contributed by atoms with Crippen LogP contribution in [0.4, 0.5) is 11.4 Å². The first-order chi connectivity index (χ1) is 15.2. The first kappa shape index (κ1) is 20.4. The van der Waals surface area contributed by atoms with E-state index in [1.54, 1.807) is 20.3 Å². The van der Waals surface area contributed by atoms with E-state index < -0.39 is 0 Å². The van der Waals surface area contributed by atoms with Crippen LogP contribution in [0.5, 0.6) is 17.2 Å². The summed E-state index contributed by atoms with van der Waals surface area (Å²) in [6, 6.07) is 23.2. The van der Waals surface area contributed by atoms with E-state index in [1.165, 1.54) is 0 Å². The number of anilines is 2. The molecule has 0 aromatic heterocycles. The summed E-state index contributed by atoms with van der Waals surface area (Å²) in [5.41, 5.74) is 6.17. The number of benzene rings is 3. The van der Waals surface area contributed by atoms with Crippen LogP contribution >= 0.6 is 0 Å². The van der Waals surface area contributed by atoms with Gasteiger partial charge in [-0.1, -0.05) is 36.4 Å². The number of rotatable bonds is 7. The smallest absolute Gasteiger partial charge is 0.219 e. The van der Waals surface area contributed by atoms with Crippen molar-refractivity contribution >= 4 is 17.3 Å². The lowest BCUT2D eigenvalue weighted by atomic mass is 10.1. The molecule has 1 saturated heterocycles. The molecule has 0 spiro atoms. The molecule has 1 heterocycles. The Morgan fingerprint density at radius 1 is 0.935 bits per heavy atom. The summed E-state index contributed by atoms with van der Waals surface area (Å²) in [7, 11) is 3.26. The predicted octanol–water partition coefficient (Wildman–Crippen LogP) is 3.80. The van der Waals surface area contributed by atoms with Gasteiger partial charge in [0.05, 0.1) is 14.2 Å². The molecule has 0 unspecified atom stereocenters. The van der Waals surface area contributed by atoms with Crippen LogP contribution in [0.1, 0.15) is 5.56 Å². The summed E-state index contributed by atoms with van der Waals surface area (Å²) < 4.78 is 10.7. The van der Waals surface area contributed by atoms with Crippen LogP contribution in [0, 0.1) is 0 Å². The number of aromatic hydroxyl groups is 1. The summed E-state index contributed by atoms with van der Waals surface area (Å²) in [6.45, 7) is 1.12. The molecular formula is C24H26N4O3. The molecule has 0 aliphatic carbocycles. The van der Waals surface area contributed by atoms with E-state index in [9.17, 15) is 5.11 Å². The van der Waals surface area contributed by atoms with E-state index in [4.69, 9.17) is 14.5 Å². The van der Waals surface area contributed by atoms with Crippen LogP contribution in [0.2, 0.25) is 0 Å². The lowest BCUT2D eigenvalue weighted by molar-refractivity contribution is 0.354. The molecule has 7 heteroatoms. The summed E-state index contributed by atoms with van der Waals surface area (Å²) in [5, 5.41) is 12.2. The molecule has 3 aromatic carbocycles. The molecule has 4 rings (SSSR count). The van der Waals surface area contributed by atoms with Gasteiger partial charge >= 0.3 is 0 Å². The van der Waals surface area contributed by atoms with Crippen LogP contribution in [-0.4, -0.2) is 38.5 Å². The summed E-state index contributed by atoms with van der Waals surface area (Å²) in [6.07, 6.45) is 0.755. The van der Waals surface area contributed by atoms with Gasteiger partial charge in [0, 0.05) is 12.2 Å². The number of para-hydroxylation sites is 3. The molecule has 2 N–H and O–H groups in total. The van der Waals surface area contributed by atoms with Gasteiger partial charge in [0.1, 0.15) is 18.1 Å². The number of guanidine groups is 1. The molecule has 0 radical (unpaired) electrons. The van der Waals surface area contributed by atoms with Crippen molar-refractivity contribution in [2.75, 3.05) is 37.3 Å². The van der Waals surface area contributed by atoms with Crippen molar-refractivity contribution in [3.05, 3.63) is 78.4 Å². The number of phenols is 1. The third-order valence-corrected chi connectivity index (χ3v) is 5.12. The molecule has 0 saturated carbocycles. The zero-order chi connectivity index (χ0) is 21.6. The number of ether oxygens (including phenoxy) is 2. The monoisotopic (exact) mass is 418 g/mol. The van der Waals surface area contributed by atoms with E-state index in [0.717, 1.165) is 23.6 Å². The van der Waals surface area contributed by atoms with Crippen molar-refractivity contribution in [2.24, 2.45) is 4.99 Å². The number of nitrogens with one attached hydrogen (secondary N) is 1. The number of methoxy groups -OCH3 is 2. The normalized spacial score (nSPS) is 14.6. The van der Waals surface area contributed by atoms with E-state index in [0.29, 0.717) is 30.4 Å². The summed E-state index contributed by atoms with van der Waals surface area (Å²) in [5.74, 6) is 2.37. The maximum absolute atomic E-state index is 10.3. The first-order valence-electron chi connectivity index (χ1n) is 10.1. The maximum Gasteiger partial charge on any atom is 0.219 e. The number of hydrogen-bond donors (Lipinski definition) is 2. The SMILES string of the molecule is COc1ccc(CCN=C2NN(c3ccccc3O)CN2c2ccccc2)cc1OC. The molecule has 31 heavy (non-hydrogen) atoms. The lowest BCUT2D eigenvalue weighted by Crippen LogP contribution is -2.34. The Kier molecular flexibility index (Phi) is 6.12. The molecule has 0 amide bonds. The van der Waals surface area contributed by atoms with Gasteiger partial charge in [-0.15, -0.1) is 0 Å². The number of phenolic OH excluding ortho intramolecular Hbond substituents is 1. The average molecular weight is 418 g/mol. The topological polar surface area (TPSA) is 69.6 Å². The van der Waals surface area contributed by atoms with Crippen LogP contribution < -0.4 is 24.8 Å². The molecule has 7 nitrogen and oxygen atoms in total. The van der Waals surface area contributed by atoms with Crippen molar-refractivity contribution in [2.45, 2.75) is 6.42 Å². The van der Waals surface area contributed by atoms with E-state index in [2.05, 4.69) is 10.3 Å². The average Bonchev–Trinajstić information content (AvgIpc) is 3.23. The minimum Gasteiger partial charge on any atom is -0.506 e. The fraction of sp³-hybridized carbons (Fsp3) is 0.208. The first-order valence-corrected chi connectivity index (χ1v) is 10.1. The van der Waals surface area contributed by atoms with Crippen molar-refractivity contribution in [1.29, 1.82) is 0 Å². The molecule has 0 atom stereocenters. The Bertz CT molecular complexity index is 1060. The van der Waals surface area contributed by atoms with Crippen molar-refractivity contribution < 1.29 is 14.6 Å². The van der Waals surface area contributed by atoms with Gasteiger partial charge in [-0.2, -0.15) is 0 Å². The maximum atomic E-state index is 10.3. The zero-order valence-electron chi connectivity index (χ0n) is 17.7. The highest BCUT2D eigenvalue weighted by Crippen LogP contribution is 2.29. The predicted molar refractivity (Wildman–Crippen MR) is 123 cm³/mol. The van der Waals surface area contributed by atoms with Gasteiger partial charge in [-0.25, -0.2) is 0 Å². The quantitative estimate of drug-likeness (QED) is 0.608. The van der Waals surface area contributed by atoms with Crippen molar-refractivity contribution in [3.8, 4) is 17.2 Å². The molecule has 1 aliphatic heterocycles. The molecule has 0 bridgehead atoms. The fourth-order valence-corrected chi connectivity index (χ4v) is 3.51. The van der Waals surface area contributed by atoms with E-state index in [-0.39, 0.29) is 5.75 Å². The number of hydrogen-bond acceptors (Lipinski definition) is 5. The number of aliphatic imine (C=N–C) groups is 1. The van der Waals surface area contributed by atoms with Crippen LogP contribution in [0.15, 0.2) is 77.8 Å². The second kappa shape index (κ2) is 9.30. The summed E-state index contributed by atoms with van der Waals surface area (Å²) in [4.78, 5) is 6.90. The number of hydrazine groups is 1. The van der Waals surface area contributed by atoms with Gasteiger partial charge in [-0.3, -0.25) is 20.3 Å². The van der Waals surface area contributed by atoms with Crippen molar-refractivity contribution in [3.63, 3.8) is 0 Å². The Balaban J connectivity index is 1.54. The molecule has 1 fully saturated rings. The molecule has 160 valence electrons. The van der Waals surface area contributed by atoms with E-state index >= 15 is 0 Å². The second-order valence-corrected chi connectivity index (χ2v) is 7.08. The lowest BCUT2D eigenvalue weighted by Gasteiger charge is -2.19. The highest BCUT2D eigenvalue weighted by atomic mass is 16.5. The zero-order valence-corrected chi connectivity index (χ0v) is 17.7. The highest BCUT2D eigenvalue weighted by molar-refractivity contribution is 6.00. The van der Waals surface area contributed by atoms with Gasteiger partial charge in [0.25, 0.3) is 0 Å². The van der Waals surface area contributed by atoms with Crippen LogP contribution in [0.3, 0.4) is 0 Å². The second-order valence-electron chi connectivity index (χ2n) is 7.08. The highest BCUT2D eigenvalue weighted by Gasteiger charge is 2.27. The minimum atomic E-state index is 0.217. The van der Waals surface area contributed by atoms with E-state index in [1.807, 2.05) is 71.7 Å². The fourth-order valence-electron chi connectivity index (χ4n) is 3.51. The number of nitrogens with zero attached hydrogens (tertiary/aromatic N) is 3. The molecular weight excluding hydrogens is 392 g/mol. The van der Waals surface area contributed by atoms with Gasteiger partial charge in [0.15, 0.2) is 11.5 Å². The third kappa shape index (κ3) is 4.50. The molecule has 1 aliphatic rings. The van der Waals surface area contributed by atoms with Crippen LogP contribution in [0.25, 0.3) is 0 Å². The Morgan fingerprint density at radius 2 is 1.68 bits per heavy atom. The van der Waals surface area contributed by atoms with Gasteiger partial charge in [0.2, 0.25) is 5.96 Å². The molecule has 3 aromatic rings. The summed E-state index contributed by atoms with van der Waals surface area (Å²) >= 11 is 0. The Hall–Kier alpha value is -3.87. The largest absolute Gasteiger partial charge is 0.506 e. The standard InChI is InChI=1S/C24H26N4O3/c1-30-22-13-12-18(16-23(22)31-2)14-15-25-24-26-28(20-10-6-7-11-21(20)29)17-27(24)19-8-4-3-5-9-19/h3-13,16,29H,14-15,17H2,1-2H3,(H,25,26).